The van der Waals surface area contributed by atoms with Crippen LogP contribution in [0.15, 0.2) is 35.3 Å². The van der Waals surface area contributed by atoms with Gasteiger partial charge in [0.05, 0.1) is 6.54 Å². The first-order valence-electron chi connectivity index (χ1n) is 7.48. The number of piperidine rings is 1. The number of rotatable bonds is 4. The van der Waals surface area contributed by atoms with Gasteiger partial charge in [-0.1, -0.05) is 25.1 Å². The molecule has 20 heavy (non-hydrogen) atoms. The van der Waals surface area contributed by atoms with E-state index in [-0.39, 0.29) is 0 Å². The highest BCUT2D eigenvalue weighted by atomic mass is 15.3. The van der Waals surface area contributed by atoms with Gasteiger partial charge in [0.25, 0.3) is 0 Å². The lowest BCUT2D eigenvalue weighted by atomic mass is 10.0. The normalized spacial score (nSPS) is 20.0. The summed E-state index contributed by atoms with van der Waals surface area (Å²) in [5.41, 5.74) is 7.31. The molecule has 0 aromatic heterocycles. The predicted molar refractivity (Wildman–Crippen MR) is 86.2 cm³/mol. The number of anilines is 1. The number of guanidine groups is 1. The van der Waals surface area contributed by atoms with Crippen molar-refractivity contribution in [1.82, 2.24) is 4.90 Å². The van der Waals surface area contributed by atoms with Gasteiger partial charge < -0.3 is 15.5 Å². The Morgan fingerprint density at radius 3 is 2.85 bits per heavy atom. The quantitative estimate of drug-likeness (QED) is 0.676. The van der Waals surface area contributed by atoms with E-state index in [0.717, 1.165) is 32.1 Å². The van der Waals surface area contributed by atoms with E-state index in [1.54, 1.807) is 0 Å². The van der Waals surface area contributed by atoms with E-state index >= 15 is 0 Å². The molecular weight excluding hydrogens is 248 g/mol. The minimum atomic E-state index is 0.706. The number of para-hydroxylation sites is 1. The van der Waals surface area contributed by atoms with Gasteiger partial charge in [0.1, 0.15) is 0 Å². The summed E-state index contributed by atoms with van der Waals surface area (Å²) >= 11 is 0. The van der Waals surface area contributed by atoms with Gasteiger partial charge in [0.15, 0.2) is 5.96 Å². The summed E-state index contributed by atoms with van der Waals surface area (Å²) in [6, 6.07) is 10.4. The van der Waals surface area contributed by atoms with Crippen molar-refractivity contribution in [1.29, 1.82) is 0 Å². The van der Waals surface area contributed by atoms with Crippen LogP contribution in [0.25, 0.3) is 0 Å². The monoisotopic (exact) mass is 274 g/mol. The standard InChI is InChI=1S/C16H26N4/c1-14-7-6-11-20(13-14)16(17)18-10-12-19(2)15-8-4-3-5-9-15/h3-5,8-9,14H,6-7,10-13H2,1-2H3,(H2,17,18). The van der Waals surface area contributed by atoms with Crippen LogP contribution in [0, 0.1) is 5.92 Å². The lowest BCUT2D eigenvalue weighted by Crippen LogP contribution is -2.43. The van der Waals surface area contributed by atoms with E-state index < -0.39 is 0 Å². The Kier molecular flexibility index (Phi) is 5.27. The highest BCUT2D eigenvalue weighted by Gasteiger charge is 2.17. The maximum Gasteiger partial charge on any atom is 0.191 e. The summed E-state index contributed by atoms with van der Waals surface area (Å²) in [5, 5.41) is 0. The molecule has 0 amide bonds. The second-order valence-corrected chi connectivity index (χ2v) is 5.69. The molecule has 1 heterocycles. The van der Waals surface area contributed by atoms with Crippen molar-refractivity contribution in [3.8, 4) is 0 Å². The average molecular weight is 274 g/mol. The van der Waals surface area contributed by atoms with Crippen LogP contribution in [0.1, 0.15) is 19.8 Å². The zero-order valence-corrected chi connectivity index (χ0v) is 12.6. The number of nitrogens with zero attached hydrogens (tertiary/aromatic N) is 3. The first kappa shape index (κ1) is 14.7. The Morgan fingerprint density at radius 1 is 1.40 bits per heavy atom. The Labute approximate surface area is 122 Å². The zero-order chi connectivity index (χ0) is 14.4. The van der Waals surface area contributed by atoms with Crippen LogP contribution in [0.4, 0.5) is 5.69 Å². The third-order valence-corrected chi connectivity index (χ3v) is 3.89. The Hall–Kier alpha value is -1.71. The molecule has 110 valence electrons. The molecule has 1 unspecified atom stereocenters. The molecule has 2 rings (SSSR count). The first-order chi connectivity index (χ1) is 9.66. The van der Waals surface area contributed by atoms with Gasteiger partial charge in [-0.3, -0.25) is 4.99 Å². The lowest BCUT2D eigenvalue weighted by Gasteiger charge is -2.31. The second kappa shape index (κ2) is 7.17. The molecule has 0 radical (unpaired) electrons. The van der Waals surface area contributed by atoms with Gasteiger partial charge in [-0.15, -0.1) is 0 Å². The van der Waals surface area contributed by atoms with Crippen molar-refractivity contribution in [2.24, 2.45) is 16.6 Å². The lowest BCUT2D eigenvalue weighted by molar-refractivity contribution is 0.270. The fourth-order valence-electron chi connectivity index (χ4n) is 2.62. The molecule has 1 fully saturated rings. The number of likely N-dealkylation sites (tertiary alicyclic amines) is 1. The molecule has 1 aliphatic heterocycles. The molecule has 1 saturated heterocycles. The third-order valence-electron chi connectivity index (χ3n) is 3.89. The van der Waals surface area contributed by atoms with Crippen LogP contribution < -0.4 is 10.6 Å². The SMILES string of the molecule is CC1CCCN(C(N)=NCCN(C)c2ccccc2)C1. The number of likely N-dealkylation sites (N-methyl/N-ethyl adjacent to an activating group) is 1. The number of benzene rings is 1. The van der Waals surface area contributed by atoms with Crippen molar-refractivity contribution in [3.05, 3.63) is 30.3 Å². The molecule has 2 N–H and O–H groups in total. The molecule has 1 aliphatic rings. The average Bonchev–Trinajstić information content (AvgIpc) is 2.48. The maximum absolute atomic E-state index is 6.09. The van der Waals surface area contributed by atoms with Gasteiger partial charge in [-0.25, -0.2) is 0 Å². The Balaban J connectivity index is 1.80. The van der Waals surface area contributed by atoms with Crippen molar-refractivity contribution in [2.45, 2.75) is 19.8 Å². The van der Waals surface area contributed by atoms with E-state index in [9.17, 15) is 0 Å². The molecule has 1 atom stereocenters. The zero-order valence-electron chi connectivity index (χ0n) is 12.6. The minimum absolute atomic E-state index is 0.706. The highest BCUT2D eigenvalue weighted by Crippen LogP contribution is 2.15. The summed E-state index contributed by atoms with van der Waals surface area (Å²) in [6.45, 7) is 6.00. The van der Waals surface area contributed by atoms with Crippen LogP contribution in [0.3, 0.4) is 0 Å². The number of nitrogens with two attached hydrogens (primary N) is 1. The fourth-order valence-corrected chi connectivity index (χ4v) is 2.62. The van der Waals surface area contributed by atoms with E-state index in [2.05, 4.69) is 53.0 Å². The van der Waals surface area contributed by atoms with Crippen molar-refractivity contribution >= 4 is 11.6 Å². The second-order valence-electron chi connectivity index (χ2n) is 5.69. The van der Waals surface area contributed by atoms with Gasteiger partial charge in [-0.05, 0) is 30.9 Å². The summed E-state index contributed by atoms with van der Waals surface area (Å²) in [4.78, 5) is 8.95. The maximum atomic E-state index is 6.09. The van der Waals surface area contributed by atoms with Crippen LogP contribution in [0.2, 0.25) is 0 Å². The Bertz CT molecular complexity index is 429. The number of hydrogen-bond acceptors (Lipinski definition) is 2. The van der Waals surface area contributed by atoms with Crippen LogP contribution in [-0.2, 0) is 0 Å². The summed E-state index contributed by atoms with van der Waals surface area (Å²) < 4.78 is 0. The minimum Gasteiger partial charge on any atom is -0.373 e. The molecule has 4 nitrogen and oxygen atoms in total. The van der Waals surface area contributed by atoms with Crippen molar-refractivity contribution in [3.63, 3.8) is 0 Å². The van der Waals surface area contributed by atoms with Crippen LogP contribution in [-0.4, -0.2) is 44.1 Å². The largest absolute Gasteiger partial charge is 0.373 e. The fraction of sp³-hybridized carbons (Fsp3) is 0.562. The summed E-state index contributed by atoms with van der Waals surface area (Å²) in [5.74, 6) is 1.43. The number of aliphatic imine (C=N–C) groups is 1. The van der Waals surface area contributed by atoms with Crippen molar-refractivity contribution < 1.29 is 0 Å². The van der Waals surface area contributed by atoms with E-state index in [4.69, 9.17) is 5.73 Å². The topological polar surface area (TPSA) is 44.9 Å². The number of hydrogen-bond donors (Lipinski definition) is 1. The molecular formula is C16H26N4. The Morgan fingerprint density at radius 2 is 2.15 bits per heavy atom. The summed E-state index contributed by atoms with van der Waals surface area (Å²) in [7, 11) is 2.09. The molecule has 4 heteroatoms. The van der Waals surface area contributed by atoms with Crippen LogP contribution >= 0.6 is 0 Å². The van der Waals surface area contributed by atoms with E-state index in [1.165, 1.54) is 18.5 Å². The van der Waals surface area contributed by atoms with Gasteiger partial charge in [0, 0.05) is 32.4 Å². The smallest absolute Gasteiger partial charge is 0.191 e. The third kappa shape index (κ3) is 4.15. The predicted octanol–water partition coefficient (Wildman–Crippen LogP) is 2.17. The van der Waals surface area contributed by atoms with Crippen molar-refractivity contribution in [2.75, 3.05) is 38.1 Å². The van der Waals surface area contributed by atoms with E-state index in [0.29, 0.717) is 5.96 Å². The van der Waals surface area contributed by atoms with E-state index in [1.807, 2.05) is 6.07 Å². The summed E-state index contributed by atoms with van der Waals surface area (Å²) in [6.07, 6.45) is 2.53. The molecule has 0 saturated carbocycles. The molecule has 1 aromatic carbocycles. The van der Waals surface area contributed by atoms with Gasteiger partial charge in [-0.2, -0.15) is 0 Å². The van der Waals surface area contributed by atoms with Gasteiger partial charge >= 0.3 is 0 Å². The molecule has 0 aliphatic carbocycles. The first-order valence-corrected chi connectivity index (χ1v) is 7.48. The van der Waals surface area contributed by atoms with Crippen LogP contribution in [0.5, 0.6) is 0 Å². The molecule has 1 aromatic rings. The van der Waals surface area contributed by atoms with Gasteiger partial charge in [0.2, 0.25) is 0 Å². The highest BCUT2D eigenvalue weighted by molar-refractivity contribution is 5.78. The molecule has 0 bridgehead atoms. The molecule has 0 spiro atoms.